The molecule has 0 aliphatic heterocycles. The van der Waals surface area contributed by atoms with Gasteiger partial charge in [0.25, 0.3) is 0 Å². The Morgan fingerprint density at radius 2 is 2.25 bits per heavy atom. The predicted octanol–water partition coefficient (Wildman–Crippen LogP) is 2.08. The molecule has 84 valence electrons. The van der Waals surface area contributed by atoms with Gasteiger partial charge in [-0.3, -0.25) is 5.10 Å². The van der Waals surface area contributed by atoms with Crippen molar-refractivity contribution in [2.45, 2.75) is 20.4 Å². The predicted molar refractivity (Wildman–Crippen MR) is 62.4 cm³/mol. The fourth-order valence-corrected chi connectivity index (χ4v) is 1.49. The van der Waals surface area contributed by atoms with Crippen molar-refractivity contribution in [1.29, 1.82) is 0 Å². The first-order valence-corrected chi connectivity index (χ1v) is 5.26. The molecule has 0 saturated heterocycles. The van der Waals surface area contributed by atoms with Gasteiger partial charge in [-0.15, -0.1) is 0 Å². The van der Waals surface area contributed by atoms with Crippen LogP contribution in [0.15, 0.2) is 12.5 Å². The summed E-state index contributed by atoms with van der Waals surface area (Å²) in [6, 6.07) is 0. The summed E-state index contributed by atoms with van der Waals surface area (Å²) in [7, 11) is 0. The number of aryl methyl sites for hydroxylation is 1. The fraction of sp³-hybridized carbons (Fsp3) is 0.300. The standard InChI is InChI=1S/C10H12ClN5/c1-6-7(2)15-16-9(6)4-13-10-8(11)3-12-5-14-10/h3,5H,4H2,1-2H3,(H,15,16)(H,12,13,14). The van der Waals surface area contributed by atoms with Crippen molar-refractivity contribution in [1.82, 2.24) is 20.2 Å². The maximum atomic E-state index is 5.92. The number of hydrogen-bond acceptors (Lipinski definition) is 4. The van der Waals surface area contributed by atoms with Gasteiger partial charge in [-0.2, -0.15) is 5.10 Å². The summed E-state index contributed by atoms with van der Waals surface area (Å²) in [6.07, 6.45) is 3.01. The molecule has 0 amide bonds. The van der Waals surface area contributed by atoms with Crippen LogP contribution in [0, 0.1) is 13.8 Å². The Labute approximate surface area is 98.3 Å². The van der Waals surface area contributed by atoms with Gasteiger partial charge in [-0.25, -0.2) is 9.97 Å². The van der Waals surface area contributed by atoms with Crippen LogP contribution in [0.25, 0.3) is 0 Å². The molecule has 0 fully saturated rings. The zero-order valence-electron chi connectivity index (χ0n) is 9.08. The molecule has 0 spiro atoms. The first-order chi connectivity index (χ1) is 7.68. The van der Waals surface area contributed by atoms with Gasteiger partial charge in [0, 0.05) is 5.69 Å². The Hall–Kier alpha value is -1.62. The maximum absolute atomic E-state index is 5.92. The number of anilines is 1. The average Bonchev–Trinajstić information content (AvgIpc) is 2.59. The van der Waals surface area contributed by atoms with E-state index in [1.807, 2.05) is 13.8 Å². The van der Waals surface area contributed by atoms with E-state index < -0.39 is 0 Å². The highest BCUT2D eigenvalue weighted by molar-refractivity contribution is 6.32. The van der Waals surface area contributed by atoms with E-state index in [2.05, 4.69) is 25.5 Å². The second-order valence-corrected chi connectivity index (χ2v) is 3.90. The van der Waals surface area contributed by atoms with E-state index in [-0.39, 0.29) is 0 Å². The highest BCUT2D eigenvalue weighted by Gasteiger charge is 2.06. The van der Waals surface area contributed by atoms with Crippen LogP contribution in [0.3, 0.4) is 0 Å². The molecule has 2 aromatic heterocycles. The number of nitrogens with one attached hydrogen (secondary N) is 2. The minimum atomic E-state index is 0.507. The molecule has 0 atom stereocenters. The van der Waals surface area contributed by atoms with Crippen molar-refractivity contribution in [2.75, 3.05) is 5.32 Å². The topological polar surface area (TPSA) is 66.5 Å². The summed E-state index contributed by atoms with van der Waals surface area (Å²) in [5.74, 6) is 0.622. The molecule has 2 aromatic rings. The number of aromatic amines is 1. The van der Waals surface area contributed by atoms with E-state index >= 15 is 0 Å². The van der Waals surface area contributed by atoms with Gasteiger partial charge in [0.15, 0.2) is 0 Å². The molecule has 0 unspecified atom stereocenters. The van der Waals surface area contributed by atoms with Crippen molar-refractivity contribution in [3.63, 3.8) is 0 Å². The third kappa shape index (κ3) is 2.14. The Morgan fingerprint density at radius 1 is 1.44 bits per heavy atom. The monoisotopic (exact) mass is 237 g/mol. The number of rotatable bonds is 3. The first-order valence-electron chi connectivity index (χ1n) is 4.88. The SMILES string of the molecule is Cc1[nH]nc(CNc2ncncc2Cl)c1C. The quantitative estimate of drug-likeness (QED) is 0.858. The van der Waals surface area contributed by atoms with Gasteiger partial charge < -0.3 is 5.32 Å². The summed E-state index contributed by atoms with van der Waals surface area (Å²) in [4.78, 5) is 7.85. The maximum Gasteiger partial charge on any atom is 0.148 e. The molecule has 0 aromatic carbocycles. The van der Waals surface area contributed by atoms with Crippen molar-refractivity contribution in [3.8, 4) is 0 Å². The molecule has 2 rings (SSSR count). The average molecular weight is 238 g/mol. The lowest BCUT2D eigenvalue weighted by Gasteiger charge is -2.05. The first kappa shape index (κ1) is 10.9. The zero-order valence-corrected chi connectivity index (χ0v) is 9.84. The van der Waals surface area contributed by atoms with Crippen LogP contribution in [-0.2, 0) is 6.54 Å². The van der Waals surface area contributed by atoms with Crippen LogP contribution < -0.4 is 5.32 Å². The van der Waals surface area contributed by atoms with Crippen molar-refractivity contribution >= 4 is 17.4 Å². The van der Waals surface area contributed by atoms with Crippen LogP contribution in [0.5, 0.6) is 0 Å². The minimum absolute atomic E-state index is 0.507. The zero-order chi connectivity index (χ0) is 11.5. The van der Waals surface area contributed by atoms with E-state index in [0.29, 0.717) is 17.4 Å². The van der Waals surface area contributed by atoms with Crippen molar-refractivity contribution < 1.29 is 0 Å². The fourth-order valence-electron chi connectivity index (χ4n) is 1.32. The Balaban J connectivity index is 2.08. The Morgan fingerprint density at radius 3 is 2.88 bits per heavy atom. The van der Waals surface area contributed by atoms with Gasteiger partial charge in [-0.05, 0) is 19.4 Å². The lowest BCUT2D eigenvalue weighted by Crippen LogP contribution is -2.03. The third-order valence-corrected chi connectivity index (χ3v) is 2.72. The van der Waals surface area contributed by atoms with Crippen LogP contribution >= 0.6 is 11.6 Å². The number of hydrogen-bond donors (Lipinski definition) is 2. The van der Waals surface area contributed by atoms with Crippen LogP contribution in [-0.4, -0.2) is 20.2 Å². The van der Waals surface area contributed by atoms with Crippen LogP contribution in [0.4, 0.5) is 5.82 Å². The molecule has 0 aliphatic rings. The summed E-state index contributed by atoms with van der Waals surface area (Å²) < 4.78 is 0. The smallest absolute Gasteiger partial charge is 0.148 e. The molecule has 0 aliphatic carbocycles. The molecule has 0 bridgehead atoms. The molecular weight excluding hydrogens is 226 g/mol. The Bertz CT molecular complexity index is 494. The Kier molecular flexibility index (Phi) is 3.05. The van der Waals surface area contributed by atoms with Crippen molar-refractivity contribution in [3.05, 3.63) is 34.5 Å². The molecule has 6 heteroatoms. The summed E-state index contributed by atoms with van der Waals surface area (Å²) in [6.45, 7) is 4.60. The molecule has 16 heavy (non-hydrogen) atoms. The highest BCUT2D eigenvalue weighted by Crippen LogP contribution is 2.17. The minimum Gasteiger partial charge on any atom is -0.363 e. The number of aromatic nitrogens is 4. The number of H-pyrrole nitrogens is 1. The summed E-state index contributed by atoms with van der Waals surface area (Å²) in [5, 5.41) is 10.7. The lowest BCUT2D eigenvalue weighted by molar-refractivity contribution is 0.957. The van der Waals surface area contributed by atoms with E-state index in [4.69, 9.17) is 11.6 Å². The number of halogens is 1. The second kappa shape index (κ2) is 4.49. The van der Waals surface area contributed by atoms with Gasteiger partial charge in [0.1, 0.15) is 17.2 Å². The molecule has 0 saturated carbocycles. The van der Waals surface area contributed by atoms with Crippen LogP contribution in [0.2, 0.25) is 5.02 Å². The summed E-state index contributed by atoms with van der Waals surface area (Å²) >= 11 is 5.92. The largest absolute Gasteiger partial charge is 0.363 e. The van der Waals surface area contributed by atoms with E-state index in [0.717, 1.165) is 17.0 Å². The van der Waals surface area contributed by atoms with Gasteiger partial charge in [0.05, 0.1) is 18.4 Å². The third-order valence-electron chi connectivity index (χ3n) is 2.44. The normalized spacial score (nSPS) is 10.4. The molecule has 0 radical (unpaired) electrons. The van der Waals surface area contributed by atoms with Crippen molar-refractivity contribution in [2.24, 2.45) is 0 Å². The number of nitrogens with zero attached hydrogens (tertiary/aromatic N) is 3. The van der Waals surface area contributed by atoms with E-state index in [1.165, 1.54) is 6.33 Å². The second-order valence-electron chi connectivity index (χ2n) is 3.49. The van der Waals surface area contributed by atoms with Crippen LogP contribution in [0.1, 0.15) is 17.0 Å². The van der Waals surface area contributed by atoms with Gasteiger partial charge in [0.2, 0.25) is 0 Å². The van der Waals surface area contributed by atoms with Gasteiger partial charge >= 0.3 is 0 Å². The van der Waals surface area contributed by atoms with Gasteiger partial charge in [-0.1, -0.05) is 11.6 Å². The molecule has 5 nitrogen and oxygen atoms in total. The van der Waals surface area contributed by atoms with E-state index in [9.17, 15) is 0 Å². The molecule has 2 N–H and O–H groups in total. The van der Waals surface area contributed by atoms with E-state index in [1.54, 1.807) is 6.20 Å². The lowest BCUT2D eigenvalue weighted by atomic mass is 10.2. The summed E-state index contributed by atoms with van der Waals surface area (Å²) in [5.41, 5.74) is 3.19. The molecular formula is C10H12ClN5. The highest BCUT2D eigenvalue weighted by atomic mass is 35.5. The molecule has 2 heterocycles.